The third-order valence-corrected chi connectivity index (χ3v) is 5.53. The first-order valence-corrected chi connectivity index (χ1v) is 11.0. The van der Waals surface area contributed by atoms with Gasteiger partial charge in [0.1, 0.15) is 0 Å². The lowest BCUT2D eigenvalue weighted by molar-refractivity contribution is -0.384. The number of nitro groups is 1. The second-order valence-electron chi connectivity index (χ2n) is 6.63. The van der Waals surface area contributed by atoms with E-state index in [4.69, 9.17) is 11.6 Å². The van der Waals surface area contributed by atoms with E-state index in [9.17, 15) is 19.7 Å². The molecule has 0 bridgehead atoms. The zero-order valence-electron chi connectivity index (χ0n) is 17.2. The third kappa shape index (κ3) is 6.64. The lowest BCUT2D eigenvalue weighted by Gasteiger charge is -2.09. The minimum atomic E-state index is -0.511. The Bertz CT molecular complexity index is 1160. The van der Waals surface area contributed by atoms with Gasteiger partial charge in [0.05, 0.1) is 17.2 Å². The van der Waals surface area contributed by atoms with E-state index in [0.717, 1.165) is 0 Å². The first kappa shape index (κ1) is 24.0. The second-order valence-corrected chi connectivity index (χ2v) is 8.01. The number of carbonyl (C=O) groups is 2. The zero-order chi connectivity index (χ0) is 23.8. The van der Waals surface area contributed by atoms with Crippen LogP contribution in [-0.4, -0.2) is 37.3 Å². The minimum Gasteiger partial charge on any atom is -0.345 e. The molecular weight excluding hydrogens is 468 g/mol. The highest BCUT2D eigenvalue weighted by Crippen LogP contribution is 2.19. The summed E-state index contributed by atoms with van der Waals surface area (Å²) in [6.07, 6.45) is 1.66. The Morgan fingerprint density at radius 1 is 1.15 bits per heavy atom. The molecule has 0 fully saturated rings. The van der Waals surface area contributed by atoms with E-state index in [1.165, 1.54) is 36.0 Å². The first-order valence-electron chi connectivity index (χ1n) is 9.61. The van der Waals surface area contributed by atoms with Crippen molar-refractivity contribution in [1.82, 2.24) is 20.1 Å². The van der Waals surface area contributed by atoms with E-state index >= 15 is 0 Å². The fourth-order valence-corrected chi connectivity index (χ4v) is 3.62. The fraction of sp³-hybridized carbons (Fsp3) is 0.143. The number of amides is 2. The van der Waals surface area contributed by atoms with Crippen LogP contribution >= 0.6 is 23.4 Å². The van der Waals surface area contributed by atoms with Crippen molar-refractivity contribution < 1.29 is 14.5 Å². The van der Waals surface area contributed by atoms with E-state index < -0.39 is 4.92 Å². The van der Waals surface area contributed by atoms with Gasteiger partial charge in [0, 0.05) is 35.0 Å². The Labute approximate surface area is 198 Å². The maximum atomic E-state index is 12.3. The van der Waals surface area contributed by atoms with E-state index in [1.54, 1.807) is 34.9 Å². The molecule has 0 aliphatic rings. The van der Waals surface area contributed by atoms with Crippen LogP contribution in [0.3, 0.4) is 0 Å². The summed E-state index contributed by atoms with van der Waals surface area (Å²) in [7, 11) is 0. The molecule has 0 saturated heterocycles. The highest BCUT2D eigenvalue weighted by molar-refractivity contribution is 7.99. The van der Waals surface area contributed by atoms with E-state index in [-0.39, 0.29) is 29.8 Å². The molecule has 0 unspecified atom stereocenters. The summed E-state index contributed by atoms with van der Waals surface area (Å²) in [4.78, 5) is 34.8. The molecule has 0 spiro atoms. The molecule has 0 aliphatic carbocycles. The highest BCUT2D eigenvalue weighted by Gasteiger charge is 2.15. The van der Waals surface area contributed by atoms with Crippen molar-refractivity contribution in [3.8, 4) is 0 Å². The molecule has 33 heavy (non-hydrogen) atoms. The molecule has 2 amide bonds. The molecule has 3 aromatic rings. The number of halogens is 1. The number of thioether (sulfide) groups is 1. The molecule has 1 aromatic heterocycles. The van der Waals surface area contributed by atoms with Crippen LogP contribution in [0.5, 0.6) is 0 Å². The number of anilines is 1. The number of nitrogens with one attached hydrogen (secondary N) is 2. The molecule has 0 saturated carbocycles. The lowest BCUT2D eigenvalue weighted by Crippen LogP contribution is -2.24. The molecule has 3 rings (SSSR count). The molecule has 2 aromatic carbocycles. The topological polar surface area (TPSA) is 132 Å². The van der Waals surface area contributed by atoms with Crippen molar-refractivity contribution in [3.63, 3.8) is 0 Å². The summed E-state index contributed by atoms with van der Waals surface area (Å²) in [6, 6.07) is 12.1. The van der Waals surface area contributed by atoms with Gasteiger partial charge in [-0.15, -0.1) is 16.8 Å². The van der Waals surface area contributed by atoms with Crippen LogP contribution in [0.15, 0.2) is 66.3 Å². The van der Waals surface area contributed by atoms with Gasteiger partial charge in [-0.25, -0.2) is 0 Å². The van der Waals surface area contributed by atoms with Crippen LogP contribution in [0.1, 0.15) is 16.2 Å². The Balaban J connectivity index is 1.58. The second kappa shape index (κ2) is 11.2. The number of nitro benzene ring substituents is 1. The number of hydrogen-bond acceptors (Lipinski definition) is 7. The molecule has 170 valence electrons. The molecule has 0 atom stereocenters. The van der Waals surface area contributed by atoms with Crippen LogP contribution in [-0.2, 0) is 17.9 Å². The number of nitrogens with zero attached hydrogens (tertiary/aromatic N) is 4. The van der Waals surface area contributed by atoms with Crippen molar-refractivity contribution >= 4 is 46.6 Å². The molecule has 12 heteroatoms. The SMILES string of the molecule is C=CCn1c(CNC(=O)c2ccc(Cl)cc2)nnc1SCC(=O)Nc1ccc([N+](=O)[O-])cc1. The maximum absolute atomic E-state index is 12.3. The average molecular weight is 487 g/mol. The van der Waals surface area contributed by atoms with Crippen molar-refractivity contribution in [2.75, 3.05) is 11.1 Å². The van der Waals surface area contributed by atoms with Crippen LogP contribution in [0.25, 0.3) is 0 Å². The van der Waals surface area contributed by atoms with E-state index in [0.29, 0.717) is 33.8 Å². The lowest BCUT2D eigenvalue weighted by atomic mass is 10.2. The van der Waals surface area contributed by atoms with Crippen molar-refractivity contribution in [2.24, 2.45) is 0 Å². The maximum Gasteiger partial charge on any atom is 0.269 e. The van der Waals surface area contributed by atoms with E-state index in [1.807, 2.05) is 0 Å². The summed E-state index contributed by atoms with van der Waals surface area (Å²) in [5.74, 6) is -0.0322. The highest BCUT2D eigenvalue weighted by atomic mass is 35.5. The van der Waals surface area contributed by atoms with Gasteiger partial charge >= 0.3 is 0 Å². The standard InChI is InChI=1S/C21H19ClN6O4S/c1-2-11-27-18(12-23-20(30)14-3-5-15(22)6-4-14)25-26-21(27)33-13-19(29)24-16-7-9-17(10-8-16)28(31)32/h2-10H,1,11-13H2,(H,23,30)(H,24,29). The summed E-state index contributed by atoms with van der Waals surface area (Å²) in [5, 5.41) is 25.4. The minimum absolute atomic E-state index is 0.0450. The van der Waals surface area contributed by atoms with Gasteiger partial charge in [0.25, 0.3) is 11.6 Å². The Hall–Kier alpha value is -3.70. The summed E-state index contributed by atoms with van der Waals surface area (Å²) in [5.41, 5.74) is 0.853. The fourth-order valence-electron chi connectivity index (χ4n) is 2.73. The average Bonchev–Trinajstić information content (AvgIpc) is 3.18. The molecule has 0 radical (unpaired) electrons. The number of carbonyl (C=O) groups excluding carboxylic acids is 2. The van der Waals surface area contributed by atoms with Gasteiger partial charge in [-0.1, -0.05) is 29.4 Å². The number of aromatic nitrogens is 3. The zero-order valence-corrected chi connectivity index (χ0v) is 18.8. The van der Waals surface area contributed by atoms with Gasteiger partial charge in [-0.3, -0.25) is 19.7 Å². The number of allylic oxidation sites excluding steroid dienone is 1. The number of non-ortho nitro benzene ring substituents is 1. The van der Waals surface area contributed by atoms with Crippen LogP contribution < -0.4 is 10.6 Å². The molecule has 1 heterocycles. The van der Waals surface area contributed by atoms with Gasteiger partial charge in [0.2, 0.25) is 5.91 Å². The van der Waals surface area contributed by atoms with Crippen molar-refractivity contribution in [2.45, 2.75) is 18.2 Å². The molecular formula is C21H19ClN6O4S. The quantitative estimate of drug-likeness (QED) is 0.193. The van der Waals surface area contributed by atoms with E-state index in [2.05, 4.69) is 27.4 Å². The molecule has 0 aliphatic heterocycles. The number of rotatable bonds is 10. The summed E-state index contributed by atoms with van der Waals surface area (Å²) >= 11 is 7.01. The van der Waals surface area contributed by atoms with Gasteiger partial charge in [-0.2, -0.15) is 0 Å². The number of benzene rings is 2. The molecule has 10 nitrogen and oxygen atoms in total. The Kier molecular flexibility index (Phi) is 8.17. The van der Waals surface area contributed by atoms with Crippen LogP contribution in [0, 0.1) is 10.1 Å². The number of hydrogen-bond donors (Lipinski definition) is 2. The van der Waals surface area contributed by atoms with Gasteiger partial charge < -0.3 is 15.2 Å². The summed E-state index contributed by atoms with van der Waals surface area (Å²) < 4.78 is 1.75. The first-order chi connectivity index (χ1) is 15.9. The largest absolute Gasteiger partial charge is 0.345 e. The normalized spacial score (nSPS) is 10.5. The van der Waals surface area contributed by atoms with Gasteiger partial charge in [-0.05, 0) is 36.4 Å². The van der Waals surface area contributed by atoms with Crippen LogP contribution in [0.4, 0.5) is 11.4 Å². The van der Waals surface area contributed by atoms with Crippen molar-refractivity contribution in [1.29, 1.82) is 0 Å². The van der Waals surface area contributed by atoms with Crippen LogP contribution in [0.2, 0.25) is 5.02 Å². The van der Waals surface area contributed by atoms with Crippen molar-refractivity contribution in [3.05, 3.63) is 87.7 Å². The Morgan fingerprint density at radius 3 is 2.48 bits per heavy atom. The monoisotopic (exact) mass is 486 g/mol. The predicted octanol–water partition coefficient (Wildman–Crippen LogP) is 3.69. The smallest absolute Gasteiger partial charge is 0.269 e. The predicted molar refractivity (Wildman–Crippen MR) is 125 cm³/mol. The molecule has 2 N–H and O–H groups in total. The Morgan fingerprint density at radius 2 is 1.85 bits per heavy atom. The van der Waals surface area contributed by atoms with Gasteiger partial charge in [0.15, 0.2) is 11.0 Å². The summed E-state index contributed by atoms with van der Waals surface area (Å²) in [6.45, 7) is 4.26. The third-order valence-electron chi connectivity index (χ3n) is 4.31.